The maximum Gasteiger partial charge on any atom is -0.0321 e. The maximum absolute atomic E-state index is 2.77. The molecule has 0 amide bonds. The lowest BCUT2D eigenvalue weighted by Gasteiger charge is -2.52. The summed E-state index contributed by atoms with van der Waals surface area (Å²) in [6.45, 7) is 25.8. The number of fused-ring (bicyclic) bond motifs is 3. The molecule has 4 aliphatic rings. The molecule has 4 fully saturated rings. The average Bonchev–Trinajstić information content (AvgIpc) is 3.19. The van der Waals surface area contributed by atoms with Crippen LogP contribution in [0, 0.1) is 94.7 Å². The Morgan fingerprint density at radius 2 is 1.39 bits per heavy atom. The lowest BCUT2D eigenvalue weighted by Crippen LogP contribution is -2.45. The molecule has 0 radical (unpaired) electrons. The zero-order chi connectivity index (χ0) is 27.7. The topological polar surface area (TPSA) is 0 Å². The molecule has 0 saturated heterocycles. The molecule has 222 valence electrons. The van der Waals surface area contributed by atoms with E-state index < -0.39 is 0 Å². The number of rotatable bonds is 10. The number of hydrogen-bond donors (Lipinski definition) is 0. The van der Waals surface area contributed by atoms with E-state index in [1.54, 1.807) is 12.8 Å². The fraction of sp³-hybridized carbons (Fsp3) is 1.00. The summed E-state index contributed by atoms with van der Waals surface area (Å²) in [6, 6.07) is 0. The molecule has 0 aromatic heterocycles. The SMILES string of the molecule is CCCC1C(C(CC(C)C(C)CC)C2CCC(C)CC2)CC(C)C2C3CCC(CC(C)C)C(C)C3C(C)C12. The van der Waals surface area contributed by atoms with E-state index in [0.29, 0.717) is 0 Å². The van der Waals surface area contributed by atoms with Crippen molar-refractivity contribution < 1.29 is 0 Å². The second-order valence-electron chi connectivity index (χ2n) is 16.7. The van der Waals surface area contributed by atoms with Crippen LogP contribution in [0.4, 0.5) is 0 Å². The minimum absolute atomic E-state index is 0.862. The predicted octanol–water partition coefficient (Wildman–Crippen LogP) is 11.8. The molecule has 0 nitrogen and oxygen atoms in total. The van der Waals surface area contributed by atoms with Gasteiger partial charge in [-0.05, 0) is 140 Å². The molecule has 0 aliphatic heterocycles. The molecule has 4 saturated carbocycles. The minimum atomic E-state index is 0.862. The van der Waals surface area contributed by atoms with Gasteiger partial charge in [0.15, 0.2) is 0 Å². The highest BCUT2D eigenvalue weighted by Crippen LogP contribution is 2.66. The maximum atomic E-state index is 2.77. The highest BCUT2D eigenvalue weighted by atomic mass is 14.6. The van der Waals surface area contributed by atoms with E-state index in [4.69, 9.17) is 0 Å². The summed E-state index contributed by atoms with van der Waals surface area (Å²) in [5, 5.41) is 0. The van der Waals surface area contributed by atoms with Gasteiger partial charge in [0.1, 0.15) is 0 Å². The van der Waals surface area contributed by atoms with Crippen LogP contribution >= 0.6 is 0 Å². The van der Waals surface area contributed by atoms with E-state index in [9.17, 15) is 0 Å². The Balaban J connectivity index is 1.63. The van der Waals surface area contributed by atoms with Crippen molar-refractivity contribution in [2.45, 2.75) is 146 Å². The van der Waals surface area contributed by atoms with E-state index >= 15 is 0 Å². The minimum Gasteiger partial charge on any atom is -0.0654 e. The lowest BCUT2D eigenvalue weighted by molar-refractivity contribution is -0.0323. The third-order valence-corrected chi connectivity index (χ3v) is 14.1. The molecule has 0 aromatic carbocycles. The van der Waals surface area contributed by atoms with Crippen LogP contribution in [0.25, 0.3) is 0 Å². The molecule has 13 unspecified atom stereocenters. The molecule has 4 aliphatic carbocycles. The van der Waals surface area contributed by atoms with Crippen molar-refractivity contribution in [2.75, 3.05) is 0 Å². The summed E-state index contributed by atoms with van der Waals surface area (Å²) in [6.07, 6.45) is 18.0. The van der Waals surface area contributed by atoms with Crippen LogP contribution in [0.3, 0.4) is 0 Å². The lowest BCUT2D eigenvalue weighted by atomic mass is 9.53. The van der Waals surface area contributed by atoms with E-state index in [2.05, 4.69) is 69.2 Å². The summed E-state index contributed by atoms with van der Waals surface area (Å²) in [7, 11) is 0. The van der Waals surface area contributed by atoms with Gasteiger partial charge in [0.25, 0.3) is 0 Å². The molecule has 0 bridgehead atoms. The first kappa shape index (κ1) is 30.9. The van der Waals surface area contributed by atoms with Crippen LogP contribution < -0.4 is 0 Å². The van der Waals surface area contributed by atoms with Crippen molar-refractivity contribution >= 4 is 0 Å². The number of hydrogen-bond acceptors (Lipinski definition) is 0. The molecular formula is C38H70. The summed E-state index contributed by atoms with van der Waals surface area (Å²) < 4.78 is 0. The average molecular weight is 527 g/mol. The van der Waals surface area contributed by atoms with Crippen molar-refractivity contribution in [1.29, 1.82) is 0 Å². The van der Waals surface area contributed by atoms with Gasteiger partial charge in [-0.15, -0.1) is 0 Å². The fourth-order valence-corrected chi connectivity index (χ4v) is 12.0. The Labute approximate surface area is 240 Å². The zero-order valence-electron chi connectivity index (χ0n) is 27.7. The Morgan fingerprint density at radius 1 is 0.711 bits per heavy atom. The van der Waals surface area contributed by atoms with Gasteiger partial charge in [0, 0.05) is 0 Å². The first-order valence-corrected chi connectivity index (χ1v) is 18.1. The first-order chi connectivity index (χ1) is 18.1. The largest absolute Gasteiger partial charge is 0.0654 e. The van der Waals surface area contributed by atoms with Crippen LogP contribution in [0.15, 0.2) is 0 Å². The van der Waals surface area contributed by atoms with E-state index in [1.165, 1.54) is 64.2 Å². The molecule has 0 heteroatoms. The van der Waals surface area contributed by atoms with Crippen molar-refractivity contribution in [3.05, 3.63) is 0 Å². The monoisotopic (exact) mass is 527 g/mol. The van der Waals surface area contributed by atoms with Crippen LogP contribution in [0.5, 0.6) is 0 Å². The Morgan fingerprint density at radius 3 is 2.00 bits per heavy atom. The summed E-state index contributed by atoms with van der Waals surface area (Å²) in [5.74, 6) is 15.6. The van der Waals surface area contributed by atoms with Gasteiger partial charge in [0.05, 0.1) is 0 Å². The second-order valence-corrected chi connectivity index (χ2v) is 16.7. The Hall–Kier alpha value is 0. The van der Waals surface area contributed by atoms with Crippen molar-refractivity contribution in [2.24, 2.45) is 94.7 Å². The normalized spacial score (nSPS) is 45.9. The summed E-state index contributed by atoms with van der Waals surface area (Å²) in [4.78, 5) is 0. The second kappa shape index (κ2) is 13.3. The van der Waals surface area contributed by atoms with Gasteiger partial charge in [-0.1, -0.05) is 101 Å². The summed E-state index contributed by atoms with van der Waals surface area (Å²) in [5.41, 5.74) is 0. The van der Waals surface area contributed by atoms with Crippen LogP contribution in [-0.4, -0.2) is 0 Å². The third-order valence-electron chi connectivity index (χ3n) is 14.1. The van der Waals surface area contributed by atoms with Crippen LogP contribution in [0.2, 0.25) is 0 Å². The van der Waals surface area contributed by atoms with Gasteiger partial charge < -0.3 is 0 Å². The van der Waals surface area contributed by atoms with Gasteiger partial charge in [-0.25, -0.2) is 0 Å². The molecule has 38 heavy (non-hydrogen) atoms. The van der Waals surface area contributed by atoms with Gasteiger partial charge in [0.2, 0.25) is 0 Å². The fourth-order valence-electron chi connectivity index (χ4n) is 12.0. The molecule has 0 aromatic rings. The predicted molar refractivity (Wildman–Crippen MR) is 168 cm³/mol. The van der Waals surface area contributed by atoms with E-state index in [-0.39, 0.29) is 0 Å². The molecule has 13 atom stereocenters. The third kappa shape index (κ3) is 6.25. The Bertz CT molecular complexity index is 699. The smallest absolute Gasteiger partial charge is 0.0321 e. The molecule has 0 heterocycles. The van der Waals surface area contributed by atoms with E-state index in [1.807, 2.05) is 0 Å². The molecule has 4 rings (SSSR count). The highest BCUT2D eigenvalue weighted by molar-refractivity contribution is 5.08. The van der Waals surface area contributed by atoms with Crippen molar-refractivity contribution in [1.82, 2.24) is 0 Å². The van der Waals surface area contributed by atoms with Crippen molar-refractivity contribution in [3.8, 4) is 0 Å². The zero-order valence-corrected chi connectivity index (χ0v) is 27.7. The first-order valence-electron chi connectivity index (χ1n) is 18.1. The van der Waals surface area contributed by atoms with Crippen LogP contribution in [-0.2, 0) is 0 Å². The van der Waals surface area contributed by atoms with Gasteiger partial charge in [-0.3, -0.25) is 0 Å². The summed E-state index contributed by atoms with van der Waals surface area (Å²) >= 11 is 0. The molecular weight excluding hydrogens is 456 g/mol. The standard InChI is InChI=1S/C38H70/c1-11-13-32-35(34(21-26(7)25(6)12-2)30-16-14-24(5)15-17-30)22-27(8)36-33-19-18-31(20-23(3)4)28(9)37(33)29(10)38(32)36/h23-38H,11-22H2,1-10H3. The highest BCUT2D eigenvalue weighted by Gasteiger charge is 2.59. The van der Waals surface area contributed by atoms with Crippen LogP contribution in [0.1, 0.15) is 146 Å². The molecule has 0 spiro atoms. The van der Waals surface area contributed by atoms with Gasteiger partial charge in [-0.2, -0.15) is 0 Å². The Kier molecular flexibility index (Phi) is 10.8. The van der Waals surface area contributed by atoms with Crippen molar-refractivity contribution in [3.63, 3.8) is 0 Å². The van der Waals surface area contributed by atoms with E-state index in [0.717, 1.165) is 94.7 Å². The molecule has 0 N–H and O–H groups in total. The quantitative estimate of drug-likeness (QED) is 0.265. The van der Waals surface area contributed by atoms with Gasteiger partial charge >= 0.3 is 0 Å².